The van der Waals surface area contributed by atoms with Gasteiger partial charge in [-0.05, 0) is 50.2 Å². The van der Waals surface area contributed by atoms with E-state index in [4.69, 9.17) is 4.74 Å². The topological polar surface area (TPSA) is 70.1 Å². The van der Waals surface area contributed by atoms with Crippen molar-refractivity contribution in [3.8, 4) is 5.75 Å². The second-order valence-corrected chi connectivity index (χ2v) is 7.72. The van der Waals surface area contributed by atoms with Crippen molar-refractivity contribution in [3.63, 3.8) is 0 Å². The molecule has 0 spiro atoms. The number of nitrogens with zero attached hydrogens (tertiary/aromatic N) is 2. The maximum absolute atomic E-state index is 13.1. The summed E-state index contributed by atoms with van der Waals surface area (Å²) in [4.78, 5) is 29.9. The van der Waals surface area contributed by atoms with Crippen LogP contribution in [0.5, 0.6) is 5.75 Å². The minimum absolute atomic E-state index is 0.135. The summed E-state index contributed by atoms with van der Waals surface area (Å²) in [6.07, 6.45) is 0. The number of rotatable bonds is 8. The zero-order chi connectivity index (χ0) is 20.3. The molecule has 1 aromatic carbocycles. The summed E-state index contributed by atoms with van der Waals surface area (Å²) in [7, 11) is 3.83. The number of aliphatic hydroxyl groups excluding tert-OH is 1. The molecule has 2 aromatic rings. The highest BCUT2D eigenvalue weighted by atomic mass is 32.1. The molecule has 0 saturated heterocycles. The molecular formula is C21H24N2O4S. The van der Waals surface area contributed by atoms with E-state index in [1.807, 2.05) is 50.2 Å². The van der Waals surface area contributed by atoms with Gasteiger partial charge in [0.15, 0.2) is 5.76 Å². The van der Waals surface area contributed by atoms with E-state index in [0.717, 1.165) is 11.3 Å². The second kappa shape index (κ2) is 8.58. The number of Topliss-reactive ketones (excluding diaryl/α,β-unsaturated/α-hetero) is 1. The average molecular weight is 401 g/mol. The largest absolute Gasteiger partial charge is 0.503 e. The smallest absolute Gasteiger partial charge is 0.290 e. The summed E-state index contributed by atoms with van der Waals surface area (Å²) in [5.74, 6) is -0.571. The molecule has 1 atom stereocenters. The molecule has 0 unspecified atom stereocenters. The number of benzene rings is 1. The van der Waals surface area contributed by atoms with E-state index in [1.54, 1.807) is 22.4 Å². The Morgan fingerprint density at radius 2 is 1.96 bits per heavy atom. The van der Waals surface area contributed by atoms with Gasteiger partial charge >= 0.3 is 0 Å². The van der Waals surface area contributed by atoms with Gasteiger partial charge in [0.2, 0.25) is 5.78 Å². The molecule has 1 aliphatic rings. The van der Waals surface area contributed by atoms with E-state index in [0.29, 0.717) is 24.6 Å². The highest BCUT2D eigenvalue weighted by molar-refractivity contribution is 7.12. The summed E-state index contributed by atoms with van der Waals surface area (Å²) in [6, 6.07) is 10.2. The van der Waals surface area contributed by atoms with E-state index in [1.165, 1.54) is 11.3 Å². The quantitative estimate of drug-likeness (QED) is 0.689. The van der Waals surface area contributed by atoms with Gasteiger partial charge in [0, 0.05) is 13.1 Å². The fourth-order valence-electron chi connectivity index (χ4n) is 3.22. The zero-order valence-corrected chi connectivity index (χ0v) is 17.0. The van der Waals surface area contributed by atoms with Crippen molar-refractivity contribution < 1.29 is 19.4 Å². The molecule has 1 aliphatic heterocycles. The number of hydrogen-bond acceptors (Lipinski definition) is 6. The highest BCUT2D eigenvalue weighted by Crippen LogP contribution is 2.39. The number of aliphatic hydroxyl groups is 1. The van der Waals surface area contributed by atoms with E-state index < -0.39 is 17.7 Å². The summed E-state index contributed by atoms with van der Waals surface area (Å²) in [5.41, 5.74) is 0.898. The van der Waals surface area contributed by atoms with Gasteiger partial charge < -0.3 is 19.6 Å². The lowest BCUT2D eigenvalue weighted by Gasteiger charge is -2.28. The van der Waals surface area contributed by atoms with Gasteiger partial charge in [-0.15, -0.1) is 11.3 Å². The van der Waals surface area contributed by atoms with Crippen molar-refractivity contribution in [1.29, 1.82) is 0 Å². The van der Waals surface area contributed by atoms with Gasteiger partial charge in [0.25, 0.3) is 5.91 Å². The lowest BCUT2D eigenvalue weighted by Crippen LogP contribution is -2.36. The molecule has 148 valence electrons. The van der Waals surface area contributed by atoms with Crippen LogP contribution >= 0.6 is 11.3 Å². The number of carbonyl (C=O) groups excluding carboxylic acids is 2. The van der Waals surface area contributed by atoms with Crippen LogP contribution in [0.25, 0.3) is 0 Å². The summed E-state index contributed by atoms with van der Waals surface area (Å²) in [5, 5.41) is 12.4. The lowest BCUT2D eigenvalue weighted by molar-refractivity contribution is -0.129. The van der Waals surface area contributed by atoms with Crippen LogP contribution in [0.3, 0.4) is 0 Å². The SMILES string of the molecule is CCOc1ccc([C@@H]2C(C(=O)c3cccs3)=C(O)C(=O)N2CCN(C)C)cc1. The molecule has 7 heteroatoms. The predicted molar refractivity (Wildman–Crippen MR) is 109 cm³/mol. The molecule has 28 heavy (non-hydrogen) atoms. The average Bonchev–Trinajstić information content (AvgIpc) is 3.29. The molecule has 1 N–H and O–H groups in total. The Bertz CT molecular complexity index is 872. The van der Waals surface area contributed by atoms with Crippen molar-refractivity contribution in [2.45, 2.75) is 13.0 Å². The first-order chi connectivity index (χ1) is 13.4. The van der Waals surface area contributed by atoms with E-state index in [9.17, 15) is 14.7 Å². The van der Waals surface area contributed by atoms with Gasteiger partial charge in [-0.3, -0.25) is 9.59 Å². The van der Waals surface area contributed by atoms with Crippen molar-refractivity contribution in [3.05, 3.63) is 63.6 Å². The first kappa shape index (κ1) is 20.1. The number of ether oxygens (including phenoxy) is 1. The van der Waals surface area contributed by atoms with Gasteiger partial charge in [0.05, 0.1) is 23.1 Å². The molecule has 2 heterocycles. The Labute approximate surface area is 168 Å². The molecule has 0 aliphatic carbocycles. The van der Waals surface area contributed by atoms with Gasteiger partial charge in [-0.1, -0.05) is 18.2 Å². The minimum atomic E-state index is -0.627. The summed E-state index contributed by atoms with van der Waals surface area (Å²) in [6.45, 7) is 3.48. The van der Waals surface area contributed by atoms with Crippen LogP contribution in [-0.4, -0.2) is 60.4 Å². The zero-order valence-electron chi connectivity index (χ0n) is 16.2. The monoisotopic (exact) mass is 400 g/mol. The van der Waals surface area contributed by atoms with Crippen LogP contribution in [0, 0.1) is 0 Å². The van der Waals surface area contributed by atoms with Crippen molar-refractivity contribution in [2.24, 2.45) is 0 Å². The molecule has 0 saturated carbocycles. The van der Waals surface area contributed by atoms with Crippen LogP contribution in [0.2, 0.25) is 0 Å². The summed E-state index contributed by atoms with van der Waals surface area (Å²) < 4.78 is 5.49. The summed E-state index contributed by atoms with van der Waals surface area (Å²) >= 11 is 1.29. The van der Waals surface area contributed by atoms with Crippen molar-refractivity contribution in [2.75, 3.05) is 33.8 Å². The molecule has 3 rings (SSSR count). The van der Waals surface area contributed by atoms with Crippen LogP contribution in [-0.2, 0) is 4.79 Å². The molecule has 6 nitrogen and oxygen atoms in total. The van der Waals surface area contributed by atoms with E-state index in [-0.39, 0.29) is 11.4 Å². The Hall–Kier alpha value is -2.64. The van der Waals surface area contributed by atoms with Crippen LogP contribution < -0.4 is 4.74 Å². The predicted octanol–water partition coefficient (Wildman–Crippen LogP) is 3.29. The molecular weight excluding hydrogens is 376 g/mol. The maximum atomic E-state index is 13.1. The first-order valence-corrected chi connectivity index (χ1v) is 10.0. The third-order valence-electron chi connectivity index (χ3n) is 4.59. The highest BCUT2D eigenvalue weighted by Gasteiger charge is 2.43. The number of ketones is 1. The fraction of sp³-hybridized carbons (Fsp3) is 0.333. The van der Waals surface area contributed by atoms with Crippen LogP contribution in [0.4, 0.5) is 0 Å². The molecule has 1 aromatic heterocycles. The molecule has 0 radical (unpaired) electrons. The first-order valence-electron chi connectivity index (χ1n) is 9.13. The van der Waals surface area contributed by atoms with E-state index in [2.05, 4.69) is 0 Å². The number of carbonyl (C=O) groups is 2. The molecule has 0 bridgehead atoms. The van der Waals surface area contributed by atoms with Crippen LogP contribution in [0.15, 0.2) is 53.1 Å². The minimum Gasteiger partial charge on any atom is -0.503 e. The number of hydrogen-bond donors (Lipinski definition) is 1. The standard InChI is InChI=1S/C21H24N2O4S/c1-4-27-15-9-7-14(8-10-15)18-17(19(24)16-6-5-13-28-16)20(25)21(26)23(18)12-11-22(2)3/h5-10,13,18,25H,4,11-12H2,1-3H3/t18-/m1/s1. The van der Waals surface area contributed by atoms with Crippen molar-refractivity contribution in [1.82, 2.24) is 9.80 Å². The van der Waals surface area contributed by atoms with Gasteiger partial charge in [-0.2, -0.15) is 0 Å². The Kier molecular flexibility index (Phi) is 6.16. The van der Waals surface area contributed by atoms with Gasteiger partial charge in [0.1, 0.15) is 5.75 Å². The van der Waals surface area contributed by atoms with E-state index >= 15 is 0 Å². The lowest BCUT2D eigenvalue weighted by atomic mass is 9.95. The number of amides is 1. The normalized spacial score (nSPS) is 16.9. The second-order valence-electron chi connectivity index (χ2n) is 6.78. The van der Waals surface area contributed by atoms with Crippen molar-refractivity contribution >= 4 is 23.0 Å². The third-order valence-corrected chi connectivity index (χ3v) is 5.46. The Morgan fingerprint density at radius 1 is 1.25 bits per heavy atom. The number of likely N-dealkylation sites (N-methyl/N-ethyl adjacent to an activating group) is 1. The molecule has 0 fully saturated rings. The molecule has 1 amide bonds. The third kappa shape index (κ3) is 3.95. The fourth-order valence-corrected chi connectivity index (χ4v) is 3.90. The Morgan fingerprint density at radius 3 is 2.54 bits per heavy atom. The number of thiophene rings is 1. The maximum Gasteiger partial charge on any atom is 0.290 e. The Balaban J connectivity index is 2.01. The van der Waals surface area contributed by atoms with Gasteiger partial charge in [-0.25, -0.2) is 0 Å². The van der Waals surface area contributed by atoms with Crippen LogP contribution in [0.1, 0.15) is 28.2 Å².